The molecule has 2 rings (SSSR count). The molecule has 1 aliphatic carbocycles. The normalized spacial score (nSPS) is 17.1. The average molecular weight is 293 g/mol. The quantitative estimate of drug-likeness (QED) is 0.742. The maximum absolute atomic E-state index is 6.02. The van der Waals surface area contributed by atoms with Gasteiger partial charge in [-0.25, -0.2) is 9.98 Å². The number of hydrogen-bond acceptors (Lipinski definition) is 3. The van der Waals surface area contributed by atoms with Crippen LogP contribution < -0.4 is 0 Å². The van der Waals surface area contributed by atoms with Crippen LogP contribution in [0.5, 0.6) is 0 Å². The molecule has 4 heteroatoms. The molecule has 0 aromatic carbocycles. The van der Waals surface area contributed by atoms with E-state index in [2.05, 4.69) is 42.1 Å². The SMILES string of the molecule is CC(C)SCC1=CC(=Nc2cccnc2Cl)CC=C1. The van der Waals surface area contributed by atoms with Gasteiger partial charge in [-0.1, -0.05) is 37.6 Å². The summed E-state index contributed by atoms with van der Waals surface area (Å²) in [7, 11) is 0. The summed E-state index contributed by atoms with van der Waals surface area (Å²) < 4.78 is 0. The van der Waals surface area contributed by atoms with Crippen LogP contribution in [0.25, 0.3) is 0 Å². The minimum atomic E-state index is 0.455. The van der Waals surface area contributed by atoms with Crippen LogP contribution in [0.4, 0.5) is 5.69 Å². The van der Waals surface area contributed by atoms with Gasteiger partial charge in [-0.3, -0.25) is 0 Å². The van der Waals surface area contributed by atoms with Crippen molar-refractivity contribution < 1.29 is 0 Å². The van der Waals surface area contributed by atoms with Gasteiger partial charge < -0.3 is 0 Å². The van der Waals surface area contributed by atoms with Crippen LogP contribution in [0.2, 0.25) is 5.15 Å². The van der Waals surface area contributed by atoms with Gasteiger partial charge in [0.15, 0.2) is 5.15 Å². The van der Waals surface area contributed by atoms with Crippen molar-refractivity contribution in [2.24, 2.45) is 4.99 Å². The van der Waals surface area contributed by atoms with Crippen LogP contribution in [0, 0.1) is 0 Å². The maximum atomic E-state index is 6.02. The molecule has 100 valence electrons. The fourth-order valence-electron chi connectivity index (χ4n) is 1.70. The van der Waals surface area contributed by atoms with Crippen molar-refractivity contribution >= 4 is 34.8 Å². The lowest BCUT2D eigenvalue weighted by atomic mass is 10.1. The Labute approximate surface area is 123 Å². The van der Waals surface area contributed by atoms with Crippen LogP contribution >= 0.6 is 23.4 Å². The summed E-state index contributed by atoms with van der Waals surface area (Å²) in [6, 6.07) is 3.74. The van der Waals surface area contributed by atoms with E-state index in [1.807, 2.05) is 23.9 Å². The van der Waals surface area contributed by atoms with Gasteiger partial charge in [-0.05, 0) is 29.0 Å². The molecule has 0 unspecified atom stereocenters. The molecule has 19 heavy (non-hydrogen) atoms. The molecule has 1 aromatic heterocycles. The predicted molar refractivity (Wildman–Crippen MR) is 85.8 cm³/mol. The van der Waals surface area contributed by atoms with E-state index in [0.29, 0.717) is 10.4 Å². The first kappa shape index (κ1) is 14.4. The maximum Gasteiger partial charge on any atom is 0.154 e. The van der Waals surface area contributed by atoms with Gasteiger partial charge in [0.2, 0.25) is 0 Å². The van der Waals surface area contributed by atoms with Crippen molar-refractivity contribution in [1.29, 1.82) is 0 Å². The summed E-state index contributed by atoms with van der Waals surface area (Å²) in [5, 5.41) is 1.10. The van der Waals surface area contributed by atoms with Gasteiger partial charge in [0, 0.05) is 24.1 Å². The number of allylic oxidation sites excluding steroid dienone is 3. The third kappa shape index (κ3) is 4.51. The van der Waals surface area contributed by atoms with Crippen molar-refractivity contribution in [3.05, 3.63) is 47.3 Å². The second-order valence-electron chi connectivity index (χ2n) is 4.60. The highest BCUT2D eigenvalue weighted by molar-refractivity contribution is 8.00. The molecular formula is C15H17ClN2S. The molecule has 1 heterocycles. The third-order valence-electron chi connectivity index (χ3n) is 2.60. The first-order chi connectivity index (χ1) is 9.15. The number of thioether (sulfide) groups is 1. The molecule has 0 amide bonds. The van der Waals surface area contributed by atoms with E-state index in [4.69, 9.17) is 11.6 Å². The third-order valence-corrected chi connectivity index (χ3v) is 4.06. The molecular weight excluding hydrogens is 276 g/mol. The number of halogens is 1. The van der Waals surface area contributed by atoms with Gasteiger partial charge in [0.05, 0.1) is 0 Å². The molecule has 0 bridgehead atoms. The zero-order valence-corrected chi connectivity index (χ0v) is 12.7. The van der Waals surface area contributed by atoms with Gasteiger partial charge in [-0.15, -0.1) is 0 Å². The highest BCUT2D eigenvalue weighted by Crippen LogP contribution is 2.24. The number of aromatic nitrogens is 1. The second kappa shape index (κ2) is 6.92. The largest absolute Gasteiger partial charge is 0.250 e. The molecule has 0 aliphatic heterocycles. The van der Waals surface area contributed by atoms with E-state index in [-0.39, 0.29) is 0 Å². The molecule has 1 aromatic rings. The Morgan fingerprint density at radius 3 is 3.05 bits per heavy atom. The highest BCUT2D eigenvalue weighted by Gasteiger charge is 2.06. The van der Waals surface area contributed by atoms with Crippen LogP contribution in [0.3, 0.4) is 0 Å². The highest BCUT2D eigenvalue weighted by atomic mass is 35.5. The Balaban J connectivity index is 2.13. The lowest BCUT2D eigenvalue weighted by molar-refractivity contribution is 1.11. The Kier molecular flexibility index (Phi) is 5.23. The van der Waals surface area contributed by atoms with E-state index in [1.165, 1.54) is 5.57 Å². The minimum absolute atomic E-state index is 0.455. The van der Waals surface area contributed by atoms with E-state index in [1.54, 1.807) is 6.20 Å². The Hall–Kier alpha value is -1.06. The summed E-state index contributed by atoms with van der Waals surface area (Å²) >= 11 is 7.96. The van der Waals surface area contributed by atoms with Gasteiger partial charge >= 0.3 is 0 Å². The van der Waals surface area contributed by atoms with Crippen molar-refractivity contribution in [2.75, 3.05) is 5.75 Å². The monoisotopic (exact) mass is 292 g/mol. The number of nitrogens with zero attached hydrogens (tertiary/aromatic N) is 2. The second-order valence-corrected chi connectivity index (χ2v) is 6.52. The summed E-state index contributed by atoms with van der Waals surface area (Å²) in [5.41, 5.74) is 3.09. The molecule has 2 nitrogen and oxygen atoms in total. The molecule has 0 radical (unpaired) electrons. The Morgan fingerprint density at radius 1 is 1.47 bits per heavy atom. The zero-order valence-electron chi connectivity index (χ0n) is 11.1. The fraction of sp³-hybridized carbons (Fsp3) is 0.333. The standard InChI is InChI=1S/C15H17ClN2S/c1-11(2)19-10-12-5-3-6-13(9-12)18-14-7-4-8-17-15(14)16/h3-5,7-9,11H,6,10H2,1-2H3. The number of hydrogen-bond donors (Lipinski definition) is 0. The van der Waals surface area contributed by atoms with E-state index in [9.17, 15) is 0 Å². The zero-order chi connectivity index (χ0) is 13.7. The van der Waals surface area contributed by atoms with Crippen LogP contribution in [-0.2, 0) is 0 Å². The topological polar surface area (TPSA) is 25.2 Å². The van der Waals surface area contributed by atoms with E-state index < -0.39 is 0 Å². The van der Waals surface area contributed by atoms with Crippen LogP contribution in [0.1, 0.15) is 20.3 Å². The summed E-state index contributed by atoms with van der Waals surface area (Å²) in [5.74, 6) is 1.02. The van der Waals surface area contributed by atoms with E-state index >= 15 is 0 Å². The lowest BCUT2D eigenvalue weighted by Gasteiger charge is -2.10. The number of aliphatic imine (C=N–C) groups is 1. The van der Waals surface area contributed by atoms with Crippen molar-refractivity contribution in [1.82, 2.24) is 4.98 Å². The lowest BCUT2D eigenvalue weighted by Crippen LogP contribution is -2.01. The minimum Gasteiger partial charge on any atom is -0.250 e. The molecule has 0 spiro atoms. The fourth-order valence-corrected chi connectivity index (χ4v) is 2.57. The molecule has 0 saturated carbocycles. The number of rotatable bonds is 4. The van der Waals surface area contributed by atoms with Crippen molar-refractivity contribution in [3.8, 4) is 0 Å². The smallest absolute Gasteiger partial charge is 0.154 e. The first-order valence-corrected chi connectivity index (χ1v) is 7.74. The molecule has 0 atom stereocenters. The molecule has 0 saturated heterocycles. The molecule has 0 fully saturated rings. The molecule has 1 aliphatic rings. The Morgan fingerprint density at radius 2 is 2.32 bits per heavy atom. The average Bonchev–Trinajstić information content (AvgIpc) is 2.40. The summed E-state index contributed by atoms with van der Waals surface area (Å²) in [6.07, 6.45) is 9.01. The van der Waals surface area contributed by atoms with Gasteiger partial charge in [0.1, 0.15) is 5.69 Å². The van der Waals surface area contributed by atoms with Crippen molar-refractivity contribution in [2.45, 2.75) is 25.5 Å². The van der Waals surface area contributed by atoms with E-state index in [0.717, 1.165) is 23.6 Å². The summed E-state index contributed by atoms with van der Waals surface area (Å²) in [4.78, 5) is 8.62. The summed E-state index contributed by atoms with van der Waals surface area (Å²) in [6.45, 7) is 4.42. The first-order valence-electron chi connectivity index (χ1n) is 6.32. The van der Waals surface area contributed by atoms with Gasteiger partial charge in [0.25, 0.3) is 0 Å². The Bertz CT molecular complexity index is 533. The predicted octanol–water partition coefficient (Wildman–Crippen LogP) is 4.84. The van der Waals surface area contributed by atoms with Crippen LogP contribution in [0.15, 0.2) is 47.1 Å². The van der Waals surface area contributed by atoms with Gasteiger partial charge in [-0.2, -0.15) is 11.8 Å². The molecule has 0 N–H and O–H groups in total. The van der Waals surface area contributed by atoms with Crippen LogP contribution in [-0.4, -0.2) is 21.7 Å². The van der Waals surface area contributed by atoms with Crippen molar-refractivity contribution in [3.63, 3.8) is 0 Å². The number of pyridine rings is 1.